The molecule has 0 saturated carbocycles. The summed E-state index contributed by atoms with van der Waals surface area (Å²) in [6.07, 6.45) is 2.17. The molecule has 0 aliphatic heterocycles. The van der Waals surface area contributed by atoms with Crippen molar-refractivity contribution < 1.29 is 0 Å². The van der Waals surface area contributed by atoms with Crippen LogP contribution >= 0.6 is 0 Å². The van der Waals surface area contributed by atoms with Gasteiger partial charge in [-0.2, -0.15) is 0 Å². The van der Waals surface area contributed by atoms with E-state index in [2.05, 4.69) is 131 Å². The van der Waals surface area contributed by atoms with Gasteiger partial charge in [0.1, 0.15) is 0 Å². The van der Waals surface area contributed by atoms with Gasteiger partial charge in [-0.3, -0.25) is 0 Å². The summed E-state index contributed by atoms with van der Waals surface area (Å²) in [7, 11) is 0. The van der Waals surface area contributed by atoms with Gasteiger partial charge in [0.25, 0.3) is 0 Å². The van der Waals surface area contributed by atoms with Gasteiger partial charge in [-0.25, -0.2) is 0 Å². The van der Waals surface area contributed by atoms with E-state index < -0.39 is 0 Å². The van der Waals surface area contributed by atoms with E-state index in [4.69, 9.17) is 0 Å². The van der Waals surface area contributed by atoms with Crippen LogP contribution in [0.5, 0.6) is 0 Å². The first-order valence-electron chi connectivity index (χ1n) is 11.0. The molecule has 0 unspecified atom stereocenters. The first kappa shape index (κ1) is 17.4. The molecule has 0 saturated heterocycles. The Kier molecular flexibility index (Phi) is 3.58. The number of aromatic nitrogens is 2. The van der Waals surface area contributed by atoms with Crippen LogP contribution in [0.3, 0.4) is 0 Å². The fourth-order valence-corrected chi connectivity index (χ4v) is 5.01. The molecule has 2 aromatic heterocycles. The predicted octanol–water partition coefficient (Wildman–Crippen LogP) is 7.88. The molecule has 0 spiro atoms. The molecule has 0 amide bonds. The molecule has 32 heavy (non-hydrogen) atoms. The Morgan fingerprint density at radius 1 is 0.406 bits per heavy atom. The van der Waals surface area contributed by atoms with Crippen molar-refractivity contribution in [3.8, 4) is 11.4 Å². The van der Waals surface area contributed by atoms with E-state index in [0.717, 1.165) is 0 Å². The van der Waals surface area contributed by atoms with Crippen LogP contribution in [-0.2, 0) is 0 Å². The minimum atomic E-state index is 1.18. The highest BCUT2D eigenvalue weighted by molar-refractivity contribution is 6.13. The van der Waals surface area contributed by atoms with Crippen molar-refractivity contribution in [1.29, 1.82) is 0 Å². The van der Waals surface area contributed by atoms with E-state index in [0.29, 0.717) is 0 Å². The van der Waals surface area contributed by atoms with E-state index in [1.807, 2.05) is 0 Å². The second kappa shape index (κ2) is 6.60. The molecule has 7 rings (SSSR count). The number of hydrogen-bond acceptors (Lipinski definition) is 0. The van der Waals surface area contributed by atoms with Gasteiger partial charge in [-0.1, -0.05) is 66.7 Å². The van der Waals surface area contributed by atoms with Crippen LogP contribution in [0.15, 0.2) is 121 Å². The first-order valence-corrected chi connectivity index (χ1v) is 11.0. The molecule has 0 atom stereocenters. The highest BCUT2D eigenvalue weighted by Gasteiger charge is 2.15. The molecule has 0 radical (unpaired) electrons. The van der Waals surface area contributed by atoms with Gasteiger partial charge in [0, 0.05) is 33.7 Å². The summed E-state index contributed by atoms with van der Waals surface area (Å²) >= 11 is 0. The Bertz CT molecular complexity index is 1770. The summed E-state index contributed by atoms with van der Waals surface area (Å²) in [5.41, 5.74) is 6.04. The monoisotopic (exact) mass is 408 g/mol. The average Bonchev–Trinajstić information content (AvgIpc) is 3.41. The maximum Gasteiger partial charge on any atom is 0.0562 e. The van der Waals surface area contributed by atoms with Gasteiger partial charge in [0.05, 0.1) is 16.6 Å². The van der Waals surface area contributed by atoms with Crippen molar-refractivity contribution in [2.24, 2.45) is 0 Å². The molecule has 0 aliphatic rings. The lowest BCUT2D eigenvalue weighted by Gasteiger charge is -2.10. The Balaban J connectivity index is 1.59. The molecular formula is C30H20N2. The lowest BCUT2D eigenvalue weighted by Crippen LogP contribution is -1.95. The Labute approximate surface area is 185 Å². The minimum Gasteiger partial charge on any atom is -0.316 e. The van der Waals surface area contributed by atoms with E-state index in [9.17, 15) is 0 Å². The molecule has 7 aromatic rings. The van der Waals surface area contributed by atoms with Crippen molar-refractivity contribution >= 4 is 43.5 Å². The maximum absolute atomic E-state index is 2.40. The standard InChI is InChI=1S/C30H20N2/c1-2-10-24(11-3-1)31-17-16-23-19-27-26-12-6-7-13-28(26)32(30(27)20-29(23)31)25-15-14-21-8-4-5-9-22(21)18-25/h1-20H. The number of para-hydroxylation sites is 2. The van der Waals surface area contributed by atoms with Crippen LogP contribution in [0.4, 0.5) is 0 Å². The zero-order chi connectivity index (χ0) is 21.1. The Morgan fingerprint density at radius 2 is 1.19 bits per heavy atom. The molecule has 0 N–H and O–H groups in total. The highest BCUT2D eigenvalue weighted by atomic mass is 15.0. The van der Waals surface area contributed by atoms with Gasteiger partial charge < -0.3 is 9.13 Å². The molecule has 2 heterocycles. The number of benzene rings is 5. The van der Waals surface area contributed by atoms with Crippen LogP contribution in [0.1, 0.15) is 0 Å². The van der Waals surface area contributed by atoms with Crippen LogP contribution in [0.25, 0.3) is 54.9 Å². The minimum absolute atomic E-state index is 1.18. The van der Waals surface area contributed by atoms with Crippen LogP contribution in [-0.4, -0.2) is 9.13 Å². The van der Waals surface area contributed by atoms with E-state index in [1.165, 1.54) is 54.9 Å². The average molecular weight is 409 g/mol. The summed E-state index contributed by atoms with van der Waals surface area (Å²) in [6.45, 7) is 0. The van der Waals surface area contributed by atoms with Crippen molar-refractivity contribution in [2.45, 2.75) is 0 Å². The van der Waals surface area contributed by atoms with Crippen molar-refractivity contribution in [3.63, 3.8) is 0 Å². The molecule has 2 heteroatoms. The van der Waals surface area contributed by atoms with Crippen molar-refractivity contribution in [3.05, 3.63) is 121 Å². The fourth-order valence-electron chi connectivity index (χ4n) is 5.01. The SMILES string of the molecule is c1ccc(-n2ccc3cc4c5ccccc5n(-c5ccc6ccccc6c5)c4cc32)cc1. The van der Waals surface area contributed by atoms with Crippen LogP contribution in [0.2, 0.25) is 0 Å². The second-order valence-corrected chi connectivity index (χ2v) is 8.33. The summed E-state index contributed by atoms with van der Waals surface area (Å²) in [6, 6.07) is 41.4. The zero-order valence-electron chi connectivity index (χ0n) is 17.4. The quantitative estimate of drug-likeness (QED) is 0.275. The summed E-state index contributed by atoms with van der Waals surface area (Å²) in [5.74, 6) is 0. The molecule has 0 bridgehead atoms. The zero-order valence-corrected chi connectivity index (χ0v) is 17.4. The molecule has 0 aliphatic carbocycles. The third-order valence-electron chi connectivity index (χ3n) is 6.51. The number of fused-ring (bicyclic) bond motifs is 5. The number of hydrogen-bond donors (Lipinski definition) is 0. The van der Waals surface area contributed by atoms with Gasteiger partial charge in [-0.15, -0.1) is 0 Å². The molecule has 150 valence electrons. The summed E-state index contributed by atoms with van der Waals surface area (Å²) in [4.78, 5) is 0. The summed E-state index contributed by atoms with van der Waals surface area (Å²) in [5, 5.41) is 6.34. The predicted molar refractivity (Wildman–Crippen MR) is 135 cm³/mol. The molecular weight excluding hydrogens is 388 g/mol. The first-order chi connectivity index (χ1) is 15.9. The van der Waals surface area contributed by atoms with Crippen molar-refractivity contribution in [1.82, 2.24) is 9.13 Å². The highest BCUT2D eigenvalue weighted by Crippen LogP contribution is 2.36. The van der Waals surface area contributed by atoms with Gasteiger partial charge in [0.2, 0.25) is 0 Å². The Morgan fingerprint density at radius 3 is 2.09 bits per heavy atom. The molecule has 2 nitrogen and oxygen atoms in total. The van der Waals surface area contributed by atoms with Crippen LogP contribution < -0.4 is 0 Å². The summed E-state index contributed by atoms with van der Waals surface area (Å²) < 4.78 is 4.68. The third-order valence-corrected chi connectivity index (χ3v) is 6.51. The topological polar surface area (TPSA) is 9.86 Å². The molecule has 5 aromatic carbocycles. The number of rotatable bonds is 2. The smallest absolute Gasteiger partial charge is 0.0562 e. The van der Waals surface area contributed by atoms with Crippen molar-refractivity contribution in [2.75, 3.05) is 0 Å². The largest absolute Gasteiger partial charge is 0.316 e. The lowest BCUT2D eigenvalue weighted by atomic mass is 10.1. The van der Waals surface area contributed by atoms with Crippen LogP contribution in [0, 0.1) is 0 Å². The van der Waals surface area contributed by atoms with E-state index in [1.54, 1.807) is 0 Å². The maximum atomic E-state index is 2.40. The third kappa shape index (κ3) is 2.47. The van der Waals surface area contributed by atoms with Gasteiger partial charge >= 0.3 is 0 Å². The lowest BCUT2D eigenvalue weighted by molar-refractivity contribution is 1.13. The number of nitrogens with zero attached hydrogens (tertiary/aromatic N) is 2. The van der Waals surface area contributed by atoms with E-state index in [-0.39, 0.29) is 0 Å². The second-order valence-electron chi connectivity index (χ2n) is 8.33. The van der Waals surface area contributed by atoms with E-state index >= 15 is 0 Å². The normalized spacial score (nSPS) is 11.8. The molecule has 0 fully saturated rings. The van der Waals surface area contributed by atoms with Gasteiger partial charge in [0.15, 0.2) is 0 Å². The van der Waals surface area contributed by atoms with Gasteiger partial charge in [-0.05, 0) is 59.3 Å². The Hall–Kier alpha value is -4.30. The fraction of sp³-hybridized carbons (Fsp3) is 0.